The number of aliphatic hydroxyl groups excluding tert-OH is 1. The number of benzene rings is 1. The largest absolute Gasteiger partial charge is 0.394 e. The third kappa shape index (κ3) is 2.93. The van der Waals surface area contributed by atoms with Crippen LogP contribution >= 0.6 is 0 Å². The predicted octanol–water partition coefficient (Wildman–Crippen LogP) is 2.18. The minimum absolute atomic E-state index is 0.000965. The Hall–Kier alpha value is -2.84. The Balaban J connectivity index is 1.72. The molecule has 4 rings (SSSR count). The number of likely N-dealkylation sites (tertiary alicyclic amines) is 1. The molecule has 2 aromatic rings. The quantitative estimate of drug-likeness (QED) is 0.776. The van der Waals surface area contributed by atoms with Gasteiger partial charge in [-0.2, -0.15) is 0 Å². The van der Waals surface area contributed by atoms with Crippen LogP contribution in [0.5, 0.6) is 0 Å². The maximum absolute atomic E-state index is 12.1. The first-order chi connectivity index (χ1) is 12.7. The van der Waals surface area contributed by atoms with Gasteiger partial charge in [0.2, 0.25) is 5.91 Å². The summed E-state index contributed by atoms with van der Waals surface area (Å²) in [5.41, 5.74) is 3.84. The summed E-state index contributed by atoms with van der Waals surface area (Å²) in [6, 6.07) is 9.80. The van der Waals surface area contributed by atoms with Gasteiger partial charge in [0.25, 0.3) is 0 Å². The Labute approximate surface area is 153 Å². The zero-order valence-electron chi connectivity index (χ0n) is 14.6. The average molecular weight is 347 g/mol. The molecule has 2 aliphatic heterocycles. The van der Waals surface area contributed by atoms with Crippen molar-refractivity contribution in [1.82, 2.24) is 9.88 Å². The average Bonchev–Trinajstić information content (AvgIpc) is 3.12. The number of fused-ring (bicyclic) bond motifs is 3. The monoisotopic (exact) mass is 347 g/mol. The maximum atomic E-state index is 12.1. The van der Waals surface area contributed by atoms with Crippen LogP contribution in [-0.4, -0.2) is 40.1 Å². The fourth-order valence-corrected chi connectivity index (χ4v) is 4.07. The van der Waals surface area contributed by atoms with Crippen molar-refractivity contribution >= 4 is 11.6 Å². The minimum Gasteiger partial charge on any atom is -0.394 e. The Morgan fingerprint density at radius 1 is 1.35 bits per heavy atom. The lowest BCUT2D eigenvalue weighted by atomic mass is 9.82. The van der Waals surface area contributed by atoms with E-state index in [0.29, 0.717) is 0 Å². The summed E-state index contributed by atoms with van der Waals surface area (Å²) in [5.74, 6) is 6.62. The Kier molecular flexibility index (Phi) is 4.36. The fourth-order valence-electron chi connectivity index (χ4n) is 4.07. The van der Waals surface area contributed by atoms with Crippen molar-refractivity contribution in [2.75, 3.05) is 18.5 Å². The van der Waals surface area contributed by atoms with Crippen LogP contribution in [0.3, 0.4) is 0 Å². The molecule has 2 N–H and O–H groups in total. The van der Waals surface area contributed by atoms with E-state index in [0.717, 1.165) is 35.3 Å². The van der Waals surface area contributed by atoms with E-state index >= 15 is 0 Å². The van der Waals surface area contributed by atoms with Crippen LogP contribution in [0.2, 0.25) is 0 Å². The zero-order valence-corrected chi connectivity index (χ0v) is 14.6. The number of rotatable bonds is 1. The van der Waals surface area contributed by atoms with Crippen molar-refractivity contribution < 1.29 is 9.90 Å². The van der Waals surface area contributed by atoms with Crippen molar-refractivity contribution in [2.24, 2.45) is 5.92 Å². The molecule has 3 heterocycles. The van der Waals surface area contributed by atoms with Gasteiger partial charge in [0.1, 0.15) is 0 Å². The molecule has 2 aliphatic rings. The van der Waals surface area contributed by atoms with E-state index in [4.69, 9.17) is 0 Å². The van der Waals surface area contributed by atoms with Gasteiger partial charge in [-0.25, -0.2) is 0 Å². The lowest BCUT2D eigenvalue weighted by Crippen LogP contribution is -2.42. The minimum atomic E-state index is -0.0239. The highest BCUT2D eigenvalue weighted by atomic mass is 16.3. The fraction of sp³-hybridized carbons (Fsp3) is 0.333. The number of nitrogens with one attached hydrogen (secondary N) is 1. The molecule has 3 atom stereocenters. The van der Waals surface area contributed by atoms with Crippen LogP contribution in [0.15, 0.2) is 42.7 Å². The van der Waals surface area contributed by atoms with Gasteiger partial charge in [-0.05, 0) is 42.3 Å². The molecule has 0 aliphatic carbocycles. The Morgan fingerprint density at radius 3 is 2.92 bits per heavy atom. The number of carbonyl (C=O) groups is 1. The van der Waals surface area contributed by atoms with Gasteiger partial charge < -0.3 is 15.3 Å². The molecule has 0 bridgehead atoms. The molecule has 0 spiro atoms. The number of aliphatic hydroxyl groups is 1. The van der Waals surface area contributed by atoms with E-state index in [1.165, 1.54) is 0 Å². The first kappa shape index (κ1) is 16.6. The van der Waals surface area contributed by atoms with Gasteiger partial charge in [-0.15, -0.1) is 0 Å². The van der Waals surface area contributed by atoms with Crippen LogP contribution in [0.25, 0.3) is 0 Å². The lowest BCUT2D eigenvalue weighted by Gasteiger charge is -2.39. The number of amides is 1. The van der Waals surface area contributed by atoms with Crippen LogP contribution < -0.4 is 5.32 Å². The molecule has 26 heavy (non-hydrogen) atoms. The second-order valence-electron chi connectivity index (χ2n) is 6.84. The van der Waals surface area contributed by atoms with Crippen LogP contribution in [-0.2, 0) is 4.79 Å². The first-order valence-electron chi connectivity index (χ1n) is 8.88. The normalized spacial score (nSPS) is 23.3. The van der Waals surface area contributed by atoms with Crippen molar-refractivity contribution in [3.05, 3.63) is 59.4 Å². The second kappa shape index (κ2) is 6.81. The van der Waals surface area contributed by atoms with Crippen LogP contribution in [0.4, 0.5) is 5.69 Å². The molecule has 1 amide bonds. The highest BCUT2D eigenvalue weighted by Gasteiger charge is 2.44. The van der Waals surface area contributed by atoms with E-state index in [-0.39, 0.29) is 30.5 Å². The standard InChI is InChI=1S/C21H21N3O2/c1-14(26)24-10-8-17-20(13-25)23-19-7-6-15(11-18(19)21(17)24)4-5-16-3-2-9-22-12-16/h2-3,6-7,9,11-12,17,20-21,23,25H,8,10,13H2,1H3/t17-,20+,21-/m1/s1. The van der Waals surface area contributed by atoms with Crippen molar-refractivity contribution in [3.63, 3.8) is 0 Å². The highest BCUT2D eigenvalue weighted by Crippen LogP contribution is 2.46. The molecule has 0 unspecified atom stereocenters. The Morgan fingerprint density at radius 2 is 2.19 bits per heavy atom. The maximum Gasteiger partial charge on any atom is 0.219 e. The lowest BCUT2D eigenvalue weighted by molar-refractivity contribution is -0.130. The van der Waals surface area contributed by atoms with Gasteiger partial charge in [0.15, 0.2) is 0 Å². The summed E-state index contributed by atoms with van der Waals surface area (Å²) in [6.07, 6.45) is 4.36. The highest BCUT2D eigenvalue weighted by molar-refractivity contribution is 5.75. The third-order valence-electron chi connectivity index (χ3n) is 5.29. The summed E-state index contributed by atoms with van der Waals surface area (Å²) in [6.45, 7) is 2.41. The van der Waals surface area contributed by atoms with Crippen LogP contribution in [0.1, 0.15) is 36.1 Å². The molecule has 1 saturated heterocycles. The topological polar surface area (TPSA) is 65.5 Å². The molecule has 5 heteroatoms. The summed E-state index contributed by atoms with van der Waals surface area (Å²) >= 11 is 0. The van der Waals surface area contributed by atoms with Gasteiger partial charge in [0, 0.05) is 48.6 Å². The number of hydrogen-bond donors (Lipinski definition) is 2. The smallest absolute Gasteiger partial charge is 0.219 e. The summed E-state index contributed by atoms with van der Waals surface area (Å²) in [4.78, 5) is 18.1. The van der Waals surface area contributed by atoms with E-state index in [1.54, 1.807) is 19.3 Å². The van der Waals surface area contributed by atoms with Crippen molar-refractivity contribution in [1.29, 1.82) is 0 Å². The van der Waals surface area contributed by atoms with Gasteiger partial charge in [-0.3, -0.25) is 9.78 Å². The molecule has 0 saturated carbocycles. The number of pyridine rings is 1. The molecule has 1 aromatic heterocycles. The third-order valence-corrected chi connectivity index (χ3v) is 5.29. The molecule has 1 aromatic carbocycles. The Bertz CT molecular complexity index is 885. The van der Waals surface area contributed by atoms with Gasteiger partial charge in [-0.1, -0.05) is 11.8 Å². The van der Waals surface area contributed by atoms with E-state index in [1.807, 2.05) is 29.2 Å². The molecule has 132 valence electrons. The predicted molar refractivity (Wildman–Crippen MR) is 99.4 cm³/mol. The molecular weight excluding hydrogens is 326 g/mol. The summed E-state index contributed by atoms with van der Waals surface area (Å²) < 4.78 is 0. The van der Waals surface area contributed by atoms with Crippen molar-refractivity contribution in [2.45, 2.75) is 25.4 Å². The molecular formula is C21H21N3O2. The number of carbonyl (C=O) groups excluding carboxylic acids is 1. The first-order valence-corrected chi connectivity index (χ1v) is 8.88. The van der Waals surface area contributed by atoms with Crippen LogP contribution in [0, 0.1) is 17.8 Å². The second-order valence-corrected chi connectivity index (χ2v) is 6.84. The summed E-state index contributed by atoms with van der Waals surface area (Å²) in [5, 5.41) is 13.2. The van der Waals surface area contributed by atoms with Crippen molar-refractivity contribution in [3.8, 4) is 11.8 Å². The molecule has 0 radical (unpaired) electrons. The SMILES string of the molecule is CC(=O)N1CC[C@@H]2[C@H](CO)Nc3ccc(C#Cc4cccnc4)cc3[C@@H]21. The van der Waals surface area contributed by atoms with E-state index in [9.17, 15) is 9.90 Å². The van der Waals surface area contributed by atoms with Gasteiger partial charge >= 0.3 is 0 Å². The van der Waals surface area contributed by atoms with E-state index < -0.39 is 0 Å². The number of hydrogen-bond acceptors (Lipinski definition) is 4. The number of aromatic nitrogens is 1. The zero-order chi connectivity index (χ0) is 18.1. The molecule has 5 nitrogen and oxygen atoms in total. The van der Waals surface area contributed by atoms with Gasteiger partial charge in [0.05, 0.1) is 18.7 Å². The summed E-state index contributed by atoms with van der Waals surface area (Å²) in [7, 11) is 0. The molecule has 1 fully saturated rings. The number of nitrogens with zero attached hydrogens (tertiary/aromatic N) is 2. The number of anilines is 1. The van der Waals surface area contributed by atoms with E-state index in [2.05, 4.69) is 28.2 Å².